The number of nitrogens with zero attached hydrogens (tertiary/aromatic N) is 6. The number of carbonyl (C=O) groups is 3. The molecule has 11 atom stereocenters. The number of amides is 2. The highest BCUT2D eigenvalue weighted by atomic mass is 16.7. The molecule has 2 aliphatic heterocycles. The van der Waals surface area contributed by atoms with E-state index in [1.807, 2.05) is 0 Å². The lowest BCUT2D eigenvalue weighted by Gasteiger charge is -2.48. The van der Waals surface area contributed by atoms with Gasteiger partial charge in [-0.1, -0.05) is 17.7 Å². The zero-order valence-electron chi connectivity index (χ0n) is 22.4. The van der Waals surface area contributed by atoms with Crippen LogP contribution >= 0.6 is 0 Å². The molecule has 0 aromatic heterocycles. The first-order chi connectivity index (χ1) is 20.2. The summed E-state index contributed by atoms with van der Waals surface area (Å²) in [6.45, 7) is -2.62. The van der Waals surface area contributed by atoms with Crippen LogP contribution in [-0.2, 0) is 28.6 Å². The van der Waals surface area contributed by atoms with Gasteiger partial charge in [0.25, 0.3) is 0 Å². The van der Waals surface area contributed by atoms with Crippen molar-refractivity contribution in [1.29, 1.82) is 0 Å². The lowest BCUT2D eigenvalue weighted by atomic mass is 9.88. The van der Waals surface area contributed by atoms with Crippen LogP contribution in [0.4, 0.5) is 0 Å². The molecule has 8 unspecified atom stereocenters. The van der Waals surface area contributed by atoms with Crippen molar-refractivity contribution >= 4 is 17.8 Å². The van der Waals surface area contributed by atoms with Crippen LogP contribution in [0.5, 0.6) is 0 Å². The molecule has 10 N–H and O–H groups in total. The number of rotatable bonds is 12. The SMILES string of the molecule is C.CO[C@]1(C(=O)[O-])CC(O)[C@@H](NC(=O)CN=[N+]=[N-])C(C(O)C(O)CO)O1.[N-]=[N+]=NCC(=O)NC1C(O)OC(CO)[C@@H](O)C1O. The Labute approximate surface area is 248 Å². The summed E-state index contributed by atoms with van der Waals surface area (Å²) >= 11 is 0. The van der Waals surface area contributed by atoms with E-state index in [1.54, 1.807) is 0 Å². The van der Waals surface area contributed by atoms with Gasteiger partial charge in [-0.05, 0) is 11.1 Å². The number of aliphatic hydroxyl groups excluding tert-OH is 8. The lowest BCUT2D eigenvalue weighted by Crippen LogP contribution is -2.69. The molecule has 0 aromatic rings. The highest BCUT2D eigenvalue weighted by Crippen LogP contribution is 2.32. The predicted molar refractivity (Wildman–Crippen MR) is 138 cm³/mol. The summed E-state index contributed by atoms with van der Waals surface area (Å²) < 4.78 is 14.7. The first-order valence-electron chi connectivity index (χ1n) is 12.2. The molecular weight excluding hydrogens is 604 g/mol. The topological polar surface area (TPSA) is 385 Å². The van der Waals surface area contributed by atoms with Crippen molar-refractivity contribution in [3.63, 3.8) is 0 Å². The van der Waals surface area contributed by atoms with E-state index in [0.717, 1.165) is 7.11 Å². The molecule has 2 heterocycles. The fourth-order valence-electron chi connectivity index (χ4n) is 4.00. The molecule has 2 rings (SSSR count). The molecule has 23 nitrogen and oxygen atoms in total. The molecule has 0 spiro atoms. The summed E-state index contributed by atoms with van der Waals surface area (Å²) in [4.78, 5) is 39.0. The third kappa shape index (κ3) is 10.6. The van der Waals surface area contributed by atoms with Gasteiger partial charge in [0.05, 0.1) is 25.4 Å². The summed E-state index contributed by atoms with van der Waals surface area (Å²) in [5, 5.41) is 98.1. The van der Waals surface area contributed by atoms with Gasteiger partial charge < -0.3 is 75.6 Å². The van der Waals surface area contributed by atoms with Gasteiger partial charge in [-0.2, -0.15) is 0 Å². The van der Waals surface area contributed by atoms with Gasteiger partial charge in [-0.15, -0.1) is 0 Å². The van der Waals surface area contributed by atoms with Gasteiger partial charge in [-0.25, -0.2) is 0 Å². The van der Waals surface area contributed by atoms with E-state index >= 15 is 0 Å². The lowest BCUT2D eigenvalue weighted by molar-refractivity contribution is -0.378. The summed E-state index contributed by atoms with van der Waals surface area (Å²) in [5.41, 5.74) is 16.2. The Morgan fingerprint density at radius 2 is 1.55 bits per heavy atom. The van der Waals surface area contributed by atoms with Gasteiger partial charge in [0, 0.05) is 23.4 Å². The van der Waals surface area contributed by atoms with E-state index in [4.69, 9.17) is 35.5 Å². The maximum atomic E-state index is 11.7. The van der Waals surface area contributed by atoms with Crippen LogP contribution in [0.2, 0.25) is 0 Å². The molecule has 0 aliphatic carbocycles. The van der Waals surface area contributed by atoms with Crippen molar-refractivity contribution in [2.24, 2.45) is 10.2 Å². The highest BCUT2D eigenvalue weighted by Gasteiger charge is 2.52. The van der Waals surface area contributed by atoms with Gasteiger partial charge in [0.15, 0.2) is 6.29 Å². The van der Waals surface area contributed by atoms with Crippen LogP contribution in [-0.4, -0.2) is 159 Å². The fraction of sp³-hybridized carbons (Fsp3) is 0.857. The smallest absolute Gasteiger partial charge is 0.226 e. The van der Waals surface area contributed by atoms with Crippen LogP contribution in [0.3, 0.4) is 0 Å². The third-order valence-electron chi connectivity index (χ3n) is 6.24. The summed E-state index contributed by atoms with van der Waals surface area (Å²) in [6.07, 6.45) is -13.3. The van der Waals surface area contributed by atoms with E-state index in [9.17, 15) is 50.1 Å². The second-order valence-corrected chi connectivity index (χ2v) is 9.03. The van der Waals surface area contributed by atoms with Crippen LogP contribution in [0.1, 0.15) is 13.8 Å². The number of hydrogen-bond donors (Lipinski definition) is 10. The zero-order valence-corrected chi connectivity index (χ0v) is 22.4. The fourth-order valence-corrected chi connectivity index (χ4v) is 4.00. The van der Waals surface area contributed by atoms with Crippen LogP contribution < -0.4 is 15.7 Å². The summed E-state index contributed by atoms with van der Waals surface area (Å²) in [6, 6.07) is -2.66. The molecule has 23 heteroatoms. The van der Waals surface area contributed by atoms with Crippen LogP contribution in [0.25, 0.3) is 20.9 Å². The molecule has 2 fully saturated rings. The third-order valence-corrected chi connectivity index (χ3v) is 6.24. The minimum atomic E-state index is -2.44. The standard InChI is InChI=1S/C12H20N4O9.C8H14N4O6.CH4/c1-24-12(11(22)23)2-5(18)8(15-7(20)3-14-16-13)10(25-12)9(21)6(19)4-17;9-12-10-1-4(14)11-5-7(16)6(15)3(2-13)18-8(5)17;/h5-6,8-10,17-19,21H,2-4H2,1H3,(H,15,20)(H,22,23);3,5-8,13,15-17H,1-2H2,(H,11,14);1H4/p-1/t5?,6?,8-,9?,10?,12-;3?,5?,6-,7?,8?;/m11./s1. The molecular formula is C21H37N8O15-. The molecule has 0 saturated carbocycles. The average Bonchev–Trinajstić information content (AvgIpc) is 2.99. The molecule has 0 bridgehead atoms. The Morgan fingerprint density at radius 3 is 1.98 bits per heavy atom. The number of carboxylic acids is 1. The van der Waals surface area contributed by atoms with Crippen molar-refractivity contribution < 1.29 is 74.6 Å². The van der Waals surface area contributed by atoms with Crippen molar-refractivity contribution in [3.05, 3.63) is 20.9 Å². The minimum Gasteiger partial charge on any atom is -0.544 e. The zero-order chi connectivity index (χ0) is 32.9. The Bertz CT molecular complexity index is 1040. The van der Waals surface area contributed by atoms with Crippen molar-refractivity contribution in [1.82, 2.24) is 10.6 Å². The molecule has 2 saturated heterocycles. The number of aliphatic carboxylic acids is 1. The number of hydrogen-bond acceptors (Lipinski definition) is 17. The van der Waals surface area contributed by atoms with E-state index in [1.165, 1.54) is 0 Å². The minimum absolute atomic E-state index is 0. The van der Waals surface area contributed by atoms with Crippen LogP contribution in [0.15, 0.2) is 10.2 Å². The number of carboxylic acid groups (broad SMARTS) is 1. The van der Waals surface area contributed by atoms with Gasteiger partial charge in [0.2, 0.25) is 17.6 Å². The molecule has 2 amide bonds. The molecule has 44 heavy (non-hydrogen) atoms. The normalized spacial score (nSPS) is 32.5. The van der Waals surface area contributed by atoms with Gasteiger partial charge in [-0.3, -0.25) is 9.59 Å². The first kappa shape index (κ1) is 40.6. The molecule has 0 aromatic carbocycles. The molecule has 2 aliphatic rings. The number of nitrogens with one attached hydrogen (secondary N) is 2. The van der Waals surface area contributed by atoms with Crippen LogP contribution in [0, 0.1) is 0 Å². The Balaban J connectivity index is 0.000000863. The molecule has 252 valence electrons. The maximum absolute atomic E-state index is 11.7. The number of azide groups is 2. The number of aliphatic hydroxyl groups is 8. The quantitative estimate of drug-likeness (QED) is 0.0538. The average molecular weight is 642 g/mol. The van der Waals surface area contributed by atoms with E-state index in [2.05, 4.69) is 30.7 Å². The summed E-state index contributed by atoms with van der Waals surface area (Å²) in [7, 11) is 0.967. The van der Waals surface area contributed by atoms with E-state index in [-0.39, 0.29) is 7.43 Å². The Hall–Kier alpha value is -3.41. The Kier molecular flexibility index (Phi) is 17.6. The van der Waals surface area contributed by atoms with E-state index in [0.29, 0.717) is 0 Å². The second-order valence-electron chi connectivity index (χ2n) is 9.03. The first-order valence-corrected chi connectivity index (χ1v) is 12.2. The largest absolute Gasteiger partial charge is 0.544 e. The number of carbonyl (C=O) groups excluding carboxylic acids is 3. The van der Waals surface area contributed by atoms with Crippen molar-refractivity contribution in [2.45, 2.75) is 80.7 Å². The van der Waals surface area contributed by atoms with Crippen molar-refractivity contribution in [2.75, 3.05) is 33.4 Å². The highest BCUT2D eigenvalue weighted by molar-refractivity contribution is 5.79. The number of methoxy groups -OCH3 is 1. The maximum Gasteiger partial charge on any atom is 0.226 e. The Morgan fingerprint density at radius 1 is 1.02 bits per heavy atom. The monoisotopic (exact) mass is 641 g/mol. The van der Waals surface area contributed by atoms with Gasteiger partial charge in [0.1, 0.15) is 61.7 Å². The predicted octanol–water partition coefficient (Wildman–Crippen LogP) is -6.41. The number of ether oxygens (including phenoxy) is 3. The molecule has 0 radical (unpaired) electrons. The van der Waals surface area contributed by atoms with E-state index < -0.39 is 117 Å². The van der Waals surface area contributed by atoms with Crippen molar-refractivity contribution in [3.8, 4) is 0 Å². The van der Waals surface area contributed by atoms with Gasteiger partial charge >= 0.3 is 0 Å². The second kappa shape index (κ2) is 19.1. The summed E-state index contributed by atoms with van der Waals surface area (Å²) in [5.74, 6) is -5.87.